The molecule has 2 aromatic carbocycles. The monoisotopic (exact) mass is 490 g/mol. The maximum atomic E-state index is 13.7. The second-order valence-electron chi connectivity index (χ2n) is 10.3. The molecule has 0 saturated carbocycles. The van der Waals surface area contributed by atoms with Crippen LogP contribution >= 0.6 is 0 Å². The van der Waals surface area contributed by atoms with Gasteiger partial charge in [-0.25, -0.2) is 4.79 Å². The van der Waals surface area contributed by atoms with Crippen LogP contribution in [0.1, 0.15) is 60.5 Å². The first-order valence-electron chi connectivity index (χ1n) is 13.1. The van der Waals surface area contributed by atoms with Gasteiger partial charge in [-0.15, -0.1) is 0 Å². The molecule has 2 fully saturated rings. The first kappa shape index (κ1) is 25.7. The molecule has 0 spiro atoms. The average Bonchev–Trinajstić information content (AvgIpc) is 2.89. The van der Waals surface area contributed by atoms with E-state index in [4.69, 9.17) is 0 Å². The molecule has 36 heavy (non-hydrogen) atoms. The van der Waals surface area contributed by atoms with Gasteiger partial charge in [0.15, 0.2) is 0 Å². The quantitative estimate of drug-likeness (QED) is 0.635. The minimum Gasteiger partial charge on any atom is -0.340 e. The van der Waals surface area contributed by atoms with E-state index >= 15 is 0 Å². The van der Waals surface area contributed by atoms with Gasteiger partial charge in [0.05, 0.1) is 0 Å². The summed E-state index contributed by atoms with van der Waals surface area (Å²) in [5.41, 5.74) is 3.54. The lowest BCUT2D eigenvalue weighted by Crippen LogP contribution is -2.57. The lowest BCUT2D eigenvalue weighted by atomic mass is 9.87. The Morgan fingerprint density at radius 2 is 1.44 bits per heavy atom. The van der Waals surface area contributed by atoms with Gasteiger partial charge in [0.25, 0.3) is 5.91 Å². The smallest absolute Gasteiger partial charge is 0.321 e. The zero-order valence-corrected chi connectivity index (χ0v) is 21.6. The Hall–Kier alpha value is -3.35. The Balaban J connectivity index is 1.44. The van der Waals surface area contributed by atoms with Crippen molar-refractivity contribution in [1.29, 1.82) is 0 Å². The predicted molar refractivity (Wildman–Crippen MR) is 142 cm³/mol. The molecule has 192 valence electrons. The minimum absolute atomic E-state index is 0.00483. The number of hydrogen-bond acceptors (Lipinski definition) is 3. The average molecular weight is 491 g/mol. The van der Waals surface area contributed by atoms with Crippen molar-refractivity contribution >= 4 is 23.5 Å². The molecule has 7 nitrogen and oxygen atoms in total. The van der Waals surface area contributed by atoms with Gasteiger partial charge in [0, 0.05) is 36.9 Å². The van der Waals surface area contributed by atoms with Crippen LogP contribution in [0.5, 0.6) is 0 Å². The number of nitrogens with zero attached hydrogens (tertiary/aromatic N) is 2. The highest BCUT2D eigenvalue weighted by molar-refractivity contribution is 5.97. The summed E-state index contributed by atoms with van der Waals surface area (Å²) < 4.78 is 0. The Labute approximate surface area is 214 Å². The first-order chi connectivity index (χ1) is 17.3. The van der Waals surface area contributed by atoms with Crippen molar-refractivity contribution in [3.63, 3.8) is 0 Å². The van der Waals surface area contributed by atoms with Gasteiger partial charge >= 0.3 is 6.03 Å². The third-order valence-corrected chi connectivity index (χ3v) is 7.55. The number of rotatable bonds is 5. The molecule has 2 saturated heterocycles. The number of hydrogen-bond donors (Lipinski definition) is 2. The van der Waals surface area contributed by atoms with Gasteiger partial charge < -0.3 is 20.4 Å². The van der Waals surface area contributed by atoms with Crippen LogP contribution in [0.4, 0.5) is 10.5 Å². The standard InChI is InChI=1S/C29H38N4O3/c1-20-7-11-24(12-8-20)27(34)31-26(28(35)33-17-5-4-6-22(33)3)23-15-18-32(19-16-23)29(36)30-25-13-9-21(2)10-14-25/h7-14,22-23,26H,4-6,15-19H2,1-3H3,(H,30,36)(H,31,34)/t22-,26+/m0/s1. The van der Waals surface area contributed by atoms with E-state index in [9.17, 15) is 14.4 Å². The summed E-state index contributed by atoms with van der Waals surface area (Å²) in [6.07, 6.45) is 4.43. The number of likely N-dealkylation sites (tertiary alicyclic amines) is 2. The molecule has 0 aromatic heterocycles. The molecule has 0 bridgehead atoms. The normalized spacial score (nSPS) is 19.5. The van der Waals surface area contributed by atoms with Crippen LogP contribution in [-0.2, 0) is 4.79 Å². The Bertz CT molecular complexity index is 1060. The van der Waals surface area contributed by atoms with Gasteiger partial charge in [0.1, 0.15) is 6.04 Å². The van der Waals surface area contributed by atoms with Crippen LogP contribution < -0.4 is 10.6 Å². The molecule has 0 unspecified atom stereocenters. The summed E-state index contributed by atoms with van der Waals surface area (Å²) in [5.74, 6) is -0.243. The largest absolute Gasteiger partial charge is 0.340 e. The third kappa shape index (κ3) is 6.25. The number of urea groups is 1. The van der Waals surface area contributed by atoms with E-state index in [1.54, 1.807) is 17.0 Å². The number of nitrogens with one attached hydrogen (secondary N) is 2. The molecule has 2 N–H and O–H groups in total. The highest BCUT2D eigenvalue weighted by atomic mass is 16.2. The fourth-order valence-electron chi connectivity index (χ4n) is 5.19. The number of piperidine rings is 2. The molecule has 2 heterocycles. The van der Waals surface area contributed by atoms with Crippen molar-refractivity contribution in [1.82, 2.24) is 15.1 Å². The first-order valence-corrected chi connectivity index (χ1v) is 13.1. The highest BCUT2D eigenvalue weighted by Crippen LogP contribution is 2.26. The second kappa shape index (κ2) is 11.6. The van der Waals surface area contributed by atoms with Crippen LogP contribution in [0, 0.1) is 19.8 Å². The van der Waals surface area contributed by atoms with Crippen molar-refractivity contribution < 1.29 is 14.4 Å². The summed E-state index contributed by atoms with van der Waals surface area (Å²) in [7, 11) is 0. The van der Waals surface area contributed by atoms with Gasteiger partial charge in [-0.1, -0.05) is 35.4 Å². The van der Waals surface area contributed by atoms with Crippen LogP contribution in [0.25, 0.3) is 0 Å². The highest BCUT2D eigenvalue weighted by Gasteiger charge is 2.38. The molecule has 2 aliphatic rings. The van der Waals surface area contributed by atoms with Gasteiger partial charge in [-0.05, 0) is 83.1 Å². The zero-order chi connectivity index (χ0) is 25.7. The molecule has 0 aliphatic carbocycles. The number of carbonyl (C=O) groups is 3. The molecule has 2 aromatic rings. The van der Waals surface area contributed by atoms with Crippen molar-refractivity contribution in [3.05, 3.63) is 65.2 Å². The van der Waals surface area contributed by atoms with E-state index in [-0.39, 0.29) is 29.8 Å². The molecule has 2 atom stereocenters. The van der Waals surface area contributed by atoms with Gasteiger partial charge in [0.2, 0.25) is 5.91 Å². The maximum Gasteiger partial charge on any atom is 0.321 e. The number of aryl methyl sites for hydroxylation is 2. The predicted octanol–water partition coefficient (Wildman–Crippen LogP) is 4.75. The molecule has 4 amide bonds. The summed E-state index contributed by atoms with van der Waals surface area (Å²) in [4.78, 5) is 43.4. The van der Waals surface area contributed by atoms with Gasteiger partial charge in [-0.3, -0.25) is 9.59 Å². The van der Waals surface area contributed by atoms with E-state index in [0.717, 1.165) is 42.6 Å². The van der Waals surface area contributed by atoms with E-state index in [0.29, 0.717) is 31.5 Å². The zero-order valence-electron chi connectivity index (χ0n) is 21.6. The van der Waals surface area contributed by atoms with Crippen LogP contribution in [-0.4, -0.2) is 59.4 Å². The van der Waals surface area contributed by atoms with Crippen LogP contribution in [0.2, 0.25) is 0 Å². The fourth-order valence-corrected chi connectivity index (χ4v) is 5.19. The number of benzene rings is 2. The van der Waals surface area contributed by atoms with Crippen LogP contribution in [0.3, 0.4) is 0 Å². The minimum atomic E-state index is -0.596. The second-order valence-corrected chi connectivity index (χ2v) is 10.3. The summed E-state index contributed by atoms with van der Waals surface area (Å²) >= 11 is 0. The van der Waals surface area contributed by atoms with E-state index in [2.05, 4.69) is 17.6 Å². The SMILES string of the molecule is Cc1ccc(NC(=O)N2CCC([C@@H](NC(=O)c3ccc(C)cc3)C(=O)N3CCCC[C@@H]3C)CC2)cc1. The number of carbonyl (C=O) groups excluding carboxylic acids is 3. The Kier molecular flexibility index (Phi) is 8.28. The lowest BCUT2D eigenvalue weighted by Gasteiger charge is -2.40. The van der Waals surface area contributed by atoms with Gasteiger partial charge in [-0.2, -0.15) is 0 Å². The van der Waals surface area contributed by atoms with Crippen molar-refractivity contribution in [2.45, 2.75) is 65.0 Å². The topological polar surface area (TPSA) is 81.8 Å². The third-order valence-electron chi connectivity index (χ3n) is 7.55. The van der Waals surface area contributed by atoms with E-state index in [1.165, 1.54) is 0 Å². The summed E-state index contributed by atoms with van der Waals surface area (Å²) in [6.45, 7) is 7.90. The lowest BCUT2D eigenvalue weighted by molar-refractivity contribution is -0.138. The molecule has 0 radical (unpaired) electrons. The molecular formula is C29H38N4O3. The Morgan fingerprint density at radius 3 is 2.06 bits per heavy atom. The van der Waals surface area contributed by atoms with E-state index in [1.807, 2.05) is 55.1 Å². The van der Waals surface area contributed by atoms with Crippen molar-refractivity contribution in [2.24, 2.45) is 5.92 Å². The molecule has 7 heteroatoms. The number of amides is 4. The molecule has 2 aliphatic heterocycles. The maximum absolute atomic E-state index is 13.7. The fraction of sp³-hybridized carbons (Fsp3) is 0.483. The Morgan fingerprint density at radius 1 is 0.833 bits per heavy atom. The van der Waals surface area contributed by atoms with Crippen molar-refractivity contribution in [2.75, 3.05) is 25.0 Å². The summed E-state index contributed by atoms with van der Waals surface area (Å²) in [6, 6.07) is 14.6. The molecule has 4 rings (SSSR count). The van der Waals surface area contributed by atoms with Crippen molar-refractivity contribution in [3.8, 4) is 0 Å². The summed E-state index contributed by atoms with van der Waals surface area (Å²) in [5, 5.41) is 6.04. The van der Waals surface area contributed by atoms with E-state index < -0.39 is 6.04 Å². The number of anilines is 1. The van der Waals surface area contributed by atoms with Crippen LogP contribution in [0.15, 0.2) is 48.5 Å². The molecular weight excluding hydrogens is 452 g/mol.